The van der Waals surface area contributed by atoms with E-state index >= 15 is 0 Å². The van der Waals surface area contributed by atoms with Crippen molar-refractivity contribution in [1.29, 1.82) is 0 Å². The predicted octanol–water partition coefficient (Wildman–Crippen LogP) is 2.51. The fraction of sp³-hybridized carbons (Fsp3) is 0.125. The van der Waals surface area contributed by atoms with Crippen molar-refractivity contribution in [3.05, 3.63) is 59.4 Å². The first kappa shape index (κ1) is 16.5. The molecule has 3 rings (SSSR count). The maximum Gasteiger partial charge on any atom is 0.258 e. The maximum absolute atomic E-state index is 13.7. The van der Waals surface area contributed by atoms with Crippen LogP contribution in [0.5, 0.6) is 5.75 Å². The molecular formula is C16H13F2N5O2. The summed E-state index contributed by atoms with van der Waals surface area (Å²) in [6.45, 7) is 1.71. The SMILES string of the molecule is COc1ccc(NC(=O)c2ccc(F)cc2F)cc1-n1nnnc1C. The van der Waals surface area contributed by atoms with E-state index in [2.05, 4.69) is 20.8 Å². The van der Waals surface area contributed by atoms with Gasteiger partial charge in [0.1, 0.15) is 23.1 Å². The largest absolute Gasteiger partial charge is 0.494 e. The zero-order valence-corrected chi connectivity index (χ0v) is 13.3. The highest BCUT2D eigenvalue weighted by molar-refractivity contribution is 6.04. The second kappa shape index (κ2) is 6.63. The number of hydrogen-bond acceptors (Lipinski definition) is 5. The molecule has 3 aromatic rings. The van der Waals surface area contributed by atoms with Gasteiger partial charge in [-0.3, -0.25) is 4.79 Å². The summed E-state index contributed by atoms with van der Waals surface area (Å²) in [6, 6.07) is 7.53. The van der Waals surface area contributed by atoms with Gasteiger partial charge in [0.15, 0.2) is 5.82 Å². The zero-order chi connectivity index (χ0) is 18.0. The number of amides is 1. The highest BCUT2D eigenvalue weighted by Crippen LogP contribution is 2.26. The molecule has 0 aliphatic carbocycles. The molecule has 7 nitrogen and oxygen atoms in total. The minimum Gasteiger partial charge on any atom is -0.494 e. The molecule has 2 aromatic carbocycles. The quantitative estimate of drug-likeness (QED) is 0.786. The second-order valence-corrected chi connectivity index (χ2v) is 5.10. The number of nitrogens with one attached hydrogen (secondary N) is 1. The monoisotopic (exact) mass is 345 g/mol. The van der Waals surface area contributed by atoms with Gasteiger partial charge < -0.3 is 10.1 Å². The van der Waals surface area contributed by atoms with E-state index in [4.69, 9.17) is 4.74 Å². The Labute approximate surface area is 141 Å². The van der Waals surface area contributed by atoms with Crippen LogP contribution < -0.4 is 10.1 Å². The lowest BCUT2D eigenvalue weighted by atomic mass is 10.2. The molecule has 128 valence electrons. The van der Waals surface area contributed by atoms with E-state index < -0.39 is 17.5 Å². The summed E-state index contributed by atoms with van der Waals surface area (Å²) in [5, 5.41) is 13.8. The standard InChI is InChI=1S/C16H13F2N5O2/c1-9-20-21-22-23(9)14-8-11(4-6-15(14)25-2)19-16(24)12-5-3-10(17)7-13(12)18/h3-8H,1-2H3,(H,19,24). The average molecular weight is 345 g/mol. The molecule has 1 amide bonds. The molecule has 0 saturated carbocycles. The number of ether oxygens (including phenoxy) is 1. The number of aromatic nitrogens is 4. The molecule has 0 aliphatic heterocycles. The van der Waals surface area contributed by atoms with Gasteiger partial charge in [0.25, 0.3) is 5.91 Å². The molecule has 1 aromatic heterocycles. The van der Waals surface area contributed by atoms with Gasteiger partial charge in [0.05, 0.1) is 12.7 Å². The topological polar surface area (TPSA) is 81.9 Å². The molecule has 0 fully saturated rings. The number of anilines is 1. The molecule has 0 saturated heterocycles. The first-order valence-corrected chi connectivity index (χ1v) is 7.19. The fourth-order valence-electron chi connectivity index (χ4n) is 2.26. The van der Waals surface area contributed by atoms with Crippen LogP contribution in [0, 0.1) is 18.6 Å². The molecule has 0 spiro atoms. The number of carbonyl (C=O) groups is 1. The van der Waals surface area contributed by atoms with Gasteiger partial charge in [-0.15, -0.1) is 5.10 Å². The molecule has 9 heteroatoms. The third-order valence-corrected chi connectivity index (χ3v) is 3.47. The van der Waals surface area contributed by atoms with Crippen molar-refractivity contribution >= 4 is 11.6 Å². The lowest BCUT2D eigenvalue weighted by Crippen LogP contribution is -2.14. The number of methoxy groups -OCH3 is 1. The normalized spacial score (nSPS) is 10.6. The van der Waals surface area contributed by atoms with Gasteiger partial charge in [-0.2, -0.15) is 4.68 Å². The number of carbonyl (C=O) groups excluding carboxylic acids is 1. The van der Waals surface area contributed by atoms with Crippen LogP contribution in [0.3, 0.4) is 0 Å². The summed E-state index contributed by atoms with van der Waals surface area (Å²) in [5.74, 6) is -1.40. The summed E-state index contributed by atoms with van der Waals surface area (Å²) in [7, 11) is 1.49. The van der Waals surface area contributed by atoms with E-state index in [1.54, 1.807) is 25.1 Å². The molecule has 0 aliphatic rings. The van der Waals surface area contributed by atoms with Crippen molar-refractivity contribution < 1.29 is 18.3 Å². The Kier molecular flexibility index (Phi) is 4.38. The number of tetrazole rings is 1. The van der Waals surface area contributed by atoms with Crippen LogP contribution in [0.15, 0.2) is 36.4 Å². The van der Waals surface area contributed by atoms with Crippen LogP contribution in [0.4, 0.5) is 14.5 Å². The number of halogens is 2. The maximum atomic E-state index is 13.7. The van der Waals surface area contributed by atoms with E-state index in [1.165, 1.54) is 11.8 Å². The summed E-state index contributed by atoms with van der Waals surface area (Å²) in [4.78, 5) is 12.2. The molecule has 25 heavy (non-hydrogen) atoms. The first-order valence-electron chi connectivity index (χ1n) is 7.19. The average Bonchev–Trinajstić information content (AvgIpc) is 3.00. The Bertz CT molecular complexity index is 942. The number of nitrogens with zero attached hydrogens (tertiary/aromatic N) is 4. The van der Waals surface area contributed by atoms with Crippen LogP contribution in [0.25, 0.3) is 5.69 Å². The highest BCUT2D eigenvalue weighted by Gasteiger charge is 2.15. The van der Waals surface area contributed by atoms with Crippen LogP contribution in [0.1, 0.15) is 16.2 Å². The highest BCUT2D eigenvalue weighted by atomic mass is 19.1. The van der Waals surface area contributed by atoms with Crippen LogP contribution in [0.2, 0.25) is 0 Å². The summed E-state index contributed by atoms with van der Waals surface area (Å²) < 4.78 is 33.4. The third kappa shape index (κ3) is 3.30. The Balaban J connectivity index is 1.93. The summed E-state index contributed by atoms with van der Waals surface area (Å²) in [6.07, 6.45) is 0. The van der Waals surface area contributed by atoms with Crippen molar-refractivity contribution in [3.8, 4) is 11.4 Å². The van der Waals surface area contributed by atoms with Crippen LogP contribution in [-0.4, -0.2) is 33.2 Å². The number of hydrogen-bond donors (Lipinski definition) is 1. The number of rotatable bonds is 4. The third-order valence-electron chi connectivity index (χ3n) is 3.47. The van der Waals surface area contributed by atoms with E-state index in [0.717, 1.165) is 12.1 Å². The molecule has 0 atom stereocenters. The molecule has 0 unspecified atom stereocenters. The minimum absolute atomic E-state index is 0.266. The Morgan fingerprint density at radius 2 is 2.00 bits per heavy atom. The van der Waals surface area contributed by atoms with Gasteiger partial charge in [-0.05, 0) is 47.7 Å². The Hall–Kier alpha value is -3.36. The predicted molar refractivity (Wildman–Crippen MR) is 84.8 cm³/mol. The molecule has 0 radical (unpaired) electrons. The summed E-state index contributed by atoms with van der Waals surface area (Å²) >= 11 is 0. The van der Waals surface area contributed by atoms with Gasteiger partial charge in [-0.1, -0.05) is 0 Å². The zero-order valence-electron chi connectivity index (χ0n) is 13.3. The van der Waals surface area contributed by atoms with E-state index in [9.17, 15) is 13.6 Å². The second-order valence-electron chi connectivity index (χ2n) is 5.10. The molecular weight excluding hydrogens is 332 g/mol. The Morgan fingerprint density at radius 1 is 1.20 bits per heavy atom. The molecule has 1 heterocycles. The molecule has 1 N–H and O–H groups in total. The number of benzene rings is 2. The van der Waals surface area contributed by atoms with E-state index in [0.29, 0.717) is 29.0 Å². The lowest BCUT2D eigenvalue weighted by Gasteiger charge is -2.12. The van der Waals surface area contributed by atoms with Crippen molar-refractivity contribution in [1.82, 2.24) is 20.2 Å². The van der Waals surface area contributed by atoms with Crippen LogP contribution >= 0.6 is 0 Å². The van der Waals surface area contributed by atoms with Gasteiger partial charge in [-0.25, -0.2) is 8.78 Å². The summed E-state index contributed by atoms with van der Waals surface area (Å²) in [5.41, 5.74) is 0.610. The van der Waals surface area contributed by atoms with Crippen molar-refractivity contribution in [2.24, 2.45) is 0 Å². The van der Waals surface area contributed by atoms with Crippen molar-refractivity contribution in [3.63, 3.8) is 0 Å². The van der Waals surface area contributed by atoms with Crippen LogP contribution in [-0.2, 0) is 0 Å². The first-order chi connectivity index (χ1) is 12.0. The molecule has 0 bridgehead atoms. The lowest BCUT2D eigenvalue weighted by molar-refractivity contribution is 0.102. The van der Waals surface area contributed by atoms with Gasteiger partial charge >= 0.3 is 0 Å². The van der Waals surface area contributed by atoms with E-state index in [-0.39, 0.29) is 5.56 Å². The minimum atomic E-state index is -0.942. The van der Waals surface area contributed by atoms with Crippen molar-refractivity contribution in [2.45, 2.75) is 6.92 Å². The number of aryl methyl sites for hydroxylation is 1. The van der Waals surface area contributed by atoms with E-state index in [1.807, 2.05) is 0 Å². The van der Waals surface area contributed by atoms with Gasteiger partial charge in [0.2, 0.25) is 0 Å². The smallest absolute Gasteiger partial charge is 0.258 e. The Morgan fingerprint density at radius 3 is 2.64 bits per heavy atom. The van der Waals surface area contributed by atoms with Crippen molar-refractivity contribution in [2.75, 3.05) is 12.4 Å². The fourth-order valence-corrected chi connectivity index (χ4v) is 2.26. The van der Waals surface area contributed by atoms with Gasteiger partial charge in [0, 0.05) is 11.8 Å².